The zero-order valence-corrected chi connectivity index (χ0v) is 15.2. The molecule has 0 aliphatic heterocycles. The second-order valence-electron chi connectivity index (χ2n) is 6.21. The summed E-state index contributed by atoms with van der Waals surface area (Å²) in [5.41, 5.74) is -0.0660. The predicted octanol–water partition coefficient (Wildman–Crippen LogP) is 3.30. The topological polar surface area (TPSA) is 115 Å². The third kappa shape index (κ3) is 12.7. The van der Waals surface area contributed by atoms with E-state index in [0.717, 1.165) is 0 Å². The maximum Gasteiger partial charge on any atom is 0.335 e. The molecule has 2 aromatic carbocycles. The Kier molecular flexibility index (Phi) is 10.6. The van der Waals surface area contributed by atoms with Gasteiger partial charge in [0.25, 0.3) is 0 Å². The Morgan fingerprint density at radius 3 is 1.27 bits per heavy atom. The van der Waals surface area contributed by atoms with Gasteiger partial charge >= 0.3 is 11.9 Å². The standard InChI is InChI=1S/2C7H6O2.C6H14O2/c2*8-7(9)6-4-2-1-3-5-6;1-5(7)4-6(2,3)8/h2*1-5H,(H,8,9);5,7-8H,4H2,1-3H3. The molecule has 1 atom stereocenters. The van der Waals surface area contributed by atoms with Crippen LogP contribution in [0.3, 0.4) is 0 Å². The van der Waals surface area contributed by atoms with E-state index in [1.165, 1.54) is 0 Å². The summed E-state index contributed by atoms with van der Waals surface area (Å²) in [7, 11) is 0. The molecule has 0 aliphatic carbocycles. The minimum atomic E-state index is -0.879. The molecule has 0 saturated carbocycles. The molecule has 142 valence electrons. The number of carbonyl (C=O) groups is 2. The number of rotatable bonds is 4. The number of aromatic carboxylic acids is 2. The molecule has 0 heterocycles. The summed E-state index contributed by atoms with van der Waals surface area (Å²) in [6, 6.07) is 16.6. The minimum Gasteiger partial charge on any atom is -0.478 e. The molecule has 0 amide bonds. The van der Waals surface area contributed by atoms with E-state index in [2.05, 4.69) is 0 Å². The van der Waals surface area contributed by atoms with Gasteiger partial charge in [0.2, 0.25) is 0 Å². The van der Waals surface area contributed by atoms with Crippen molar-refractivity contribution < 1.29 is 30.0 Å². The van der Waals surface area contributed by atoms with Crippen molar-refractivity contribution in [1.29, 1.82) is 0 Å². The highest BCUT2D eigenvalue weighted by Crippen LogP contribution is 2.09. The number of hydrogen-bond acceptors (Lipinski definition) is 4. The van der Waals surface area contributed by atoms with Crippen molar-refractivity contribution >= 4 is 11.9 Å². The smallest absolute Gasteiger partial charge is 0.335 e. The first-order valence-electron chi connectivity index (χ1n) is 8.00. The first kappa shape index (κ1) is 23.3. The number of carboxylic acid groups (broad SMARTS) is 2. The second kappa shape index (κ2) is 11.8. The van der Waals surface area contributed by atoms with Crippen LogP contribution in [0, 0.1) is 0 Å². The molecule has 0 fully saturated rings. The summed E-state index contributed by atoms with van der Waals surface area (Å²) in [5.74, 6) is -1.76. The Morgan fingerprint density at radius 1 is 0.846 bits per heavy atom. The van der Waals surface area contributed by atoms with Crippen LogP contribution in [0.2, 0.25) is 0 Å². The molecule has 0 saturated heterocycles. The van der Waals surface area contributed by atoms with Gasteiger partial charge in [0, 0.05) is 6.42 Å². The molecule has 2 aromatic rings. The summed E-state index contributed by atoms with van der Waals surface area (Å²) < 4.78 is 0. The Hall–Kier alpha value is -2.70. The molecular weight excluding hydrogens is 336 g/mol. The van der Waals surface area contributed by atoms with Crippen LogP contribution < -0.4 is 0 Å². The quantitative estimate of drug-likeness (QED) is 0.663. The lowest BCUT2D eigenvalue weighted by atomic mass is 10.0. The monoisotopic (exact) mass is 362 g/mol. The van der Waals surface area contributed by atoms with Crippen LogP contribution in [0.5, 0.6) is 0 Å². The van der Waals surface area contributed by atoms with Gasteiger partial charge in [-0.05, 0) is 45.0 Å². The van der Waals surface area contributed by atoms with E-state index in [1.807, 2.05) is 0 Å². The lowest BCUT2D eigenvalue weighted by Crippen LogP contribution is -2.24. The normalized spacial score (nSPS) is 11.1. The third-order valence-corrected chi connectivity index (χ3v) is 2.84. The molecule has 4 N–H and O–H groups in total. The highest BCUT2D eigenvalue weighted by atomic mass is 16.4. The molecule has 0 aromatic heterocycles. The molecule has 6 heteroatoms. The molecule has 2 rings (SSSR count). The number of benzene rings is 2. The molecule has 26 heavy (non-hydrogen) atoms. The van der Waals surface area contributed by atoms with Crippen molar-refractivity contribution in [2.75, 3.05) is 0 Å². The third-order valence-electron chi connectivity index (χ3n) is 2.84. The van der Waals surface area contributed by atoms with E-state index < -0.39 is 23.6 Å². The maximum atomic E-state index is 10.2. The van der Waals surface area contributed by atoms with Crippen molar-refractivity contribution in [3.05, 3.63) is 71.8 Å². The Labute approximate surface area is 153 Å². The number of aliphatic hydroxyl groups is 2. The van der Waals surface area contributed by atoms with Gasteiger partial charge in [0.05, 0.1) is 22.8 Å². The average molecular weight is 362 g/mol. The van der Waals surface area contributed by atoms with E-state index in [-0.39, 0.29) is 0 Å². The summed E-state index contributed by atoms with van der Waals surface area (Å²) >= 11 is 0. The average Bonchev–Trinajstić information content (AvgIpc) is 2.55. The maximum absolute atomic E-state index is 10.2. The molecule has 0 spiro atoms. The van der Waals surface area contributed by atoms with E-state index in [1.54, 1.807) is 81.4 Å². The highest BCUT2D eigenvalue weighted by Gasteiger charge is 2.14. The van der Waals surface area contributed by atoms with Gasteiger partial charge in [-0.1, -0.05) is 36.4 Å². The van der Waals surface area contributed by atoms with Crippen LogP contribution in [-0.4, -0.2) is 44.1 Å². The Bertz CT molecular complexity index is 596. The summed E-state index contributed by atoms with van der Waals surface area (Å²) in [4.78, 5) is 20.4. The fourth-order valence-electron chi connectivity index (χ4n) is 1.88. The van der Waals surface area contributed by atoms with Crippen molar-refractivity contribution in [3.8, 4) is 0 Å². The predicted molar refractivity (Wildman–Crippen MR) is 99.4 cm³/mol. The van der Waals surface area contributed by atoms with Gasteiger partial charge in [-0.2, -0.15) is 0 Å². The van der Waals surface area contributed by atoms with E-state index >= 15 is 0 Å². The summed E-state index contributed by atoms with van der Waals surface area (Å²) in [5, 5.41) is 34.5. The van der Waals surface area contributed by atoms with E-state index in [0.29, 0.717) is 17.5 Å². The Balaban J connectivity index is 0.000000362. The van der Waals surface area contributed by atoms with Crippen molar-refractivity contribution in [2.45, 2.75) is 38.9 Å². The van der Waals surface area contributed by atoms with Crippen LogP contribution in [-0.2, 0) is 0 Å². The zero-order chi connectivity index (χ0) is 20.2. The summed E-state index contributed by atoms with van der Waals surface area (Å²) in [6.45, 7) is 5.03. The van der Waals surface area contributed by atoms with Crippen LogP contribution in [0.25, 0.3) is 0 Å². The summed E-state index contributed by atoms with van der Waals surface area (Å²) in [6.07, 6.45) is 0.0301. The first-order chi connectivity index (χ1) is 12.0. The lowest BCUT2D eigenvalue weighted by molar-refractivity contribution is 0.0248. The number of carboxylic acids is 2. The zero-order valence-electron chi connectivity index (χ0n) is 15.2. The van der Waals surface area contributed by atoms with Gasteiger partial charge in [0.15, 0.2) is 0 Å². The van der Waals surface area contributed by atoms with Crippen LogP contribution in [0.15, 0.2) is 60.7 Å². The van der Waals surface area contributed by atoms with Gasteiger partial charge in [-0.15, -0.1) is 0 Å². The van der Waals surface area contributed by atoms with Crippen LogP contribution in [0.1, 0.15) is 47.9 Å². The van der Waals surface area contributed by atoms with E-state index in [9.17, 15) is 9.59 Å². The molecular formula is C20H26O6. The number of aliphatic hydroxyl groups excluding tert-OH is 1. The van der Waals surface area contributed by atoms with E-state index in [4.69, 9.17) is 20.4 Å². The molecule has 0 radical (unpaired) electrons. The number of hydrogen-bond donors (Lipinski definition) is 4. The van der Waals surface area contributed by atoms with Gasteiger partial charge < -0.3 is 20.4 Å². The molecule has 0 aliphatic rings. The molecule has 6 nitrogen and oxygen atoms in total. The highest BCUT2D eigenvalue weighted by molar-refractivity contribution is 5.87. The SMILES string of the molecule is CC(O)CC(C)(C)O.O=C(O)c1ccccc1.O=C(O)c1ccccc1. The lowest BCUT2D eigenvalue weighted by Gasteiger charge is -2.17. The van der Waals surface area contributed by atoms with Crippen LogP contribution >= 0.6 is 0 Å². The van der Waals surface area contributed by atoms with Gasteiger partial charge in [-0.3, -0.25) is 0 Å². The van der Waals surface area contributed by atoms with Crippen LogP contribution in [0.4, 0.5) is 0 Å². The molecule has 1 unspecified atom stereocenters. The fourth-order valence-corrected chi connectivity index (χ4v) is 1.88. The van der Waals surface area contributed by atoms with Crippen molar-refractivity contribution in [1.82, 2.24) is 0 Å². The Morgan fingerprint density at radius 2 is 1.15 bits per heavy atom. The van der Waals surface area contributed by atoms with Gasteiger partial charge in [0.1, 0.15) is 0 Å². The van der Waals surface area contributed by atoms with Crippen molar-refractivity contribution in [3.63, 3.8) is 0 Å². The van der Waals surface area contributed by atoms with Crippen molar-refractivity contribution in [2.24, 2.45) is 0 Å². The fraction of sp³-hybridized carbons (Fsp3) is 0.300. The first-order valence-corrected chi connectivity index (χ1v) is 8.00. The largest absolute Gasteiger partial charge is 0.478 e. The van der Waals surface area contributed by atoms with Gasteiger partial charge in [-0.25, -0.2) is 9.59 Å². The molecule has 0 bridgehead atoms. The second-order valence-corrected chi connectivity index (χ2v) is 6.21. The minimum absolute atomic E-state index is 0.331.